The van der Waals surface area contributed by atoms with Gasteiger partial charge in [-0.25, -0.2) is 9.38 Å². The lowest BCUT2D eigenvalue weighted by Gasteiger charge is -2.23. The quantitative estimate of drug-likeness (QED) is 0.314. The summed E-state index contributed by atoms with van der Waals surface area (Å²) in [7, 11) is 5.21. The van der Waals surface area contributed by atoms with Crippen molar-refractivity contribution in [2.45, 2.75) is 6.42 Å². The molecule has 0 fully saturated rings. The number of nitrogens with zero attached hydrogens (tertiary/aromatic N) is 3. The molecule has 0 atom stereocenters. The maximum Gasteiger partial charge on any atom is 0.243 e. The van der Waals surface area contributed by atoms with Gasteiger partial charge < -0.3 is 24.3 Å². The lowest BCUT2D eigenvalue weighted by molar-refractivity contribution is -0.127. The van der Waals surface area contributed by atoms with E-state index in [-0.39, 0.29) is 48.8 Å². The first-order valence-electron chi connectivity index (χ1n) is 9.06. The van der Waals surface area contributed by atoms with E-state index in [2.05, 4.69) is 10.3 Å². The van der Waals surface area contributed by atoms with E-state index in [0.717, 1.165) is 5.76 Å². The summed E-state index contributed by atoms with van der Waals surface area (Å²) in [5, 5.41) is 3.23. The van der Waals surface area contributed by atoms with Gasteiger partial charge in [-0.1, -0.05) is 12.1 Å². The molecule has 1 aromatic heterocycles. The van der Waals surface area contributed by atoms with Crippen molar-refractivity contribution in [3.63, 3.8) is 0 Å². The van der Waals surface area contributed by atoms with Crippen LogP contribution in [0.2, 0.25) is 0 Å². The molecule has 0 aliphatic carbocycles. The normalized spacial score (nSPS) is 10.8. The molecule has 0 aliphatic heterocycles. The number of rotatable bonds is 9. The average molecular weight is 518 g/mol. The Kier molecular flexibility index (Phi) is 11.1. The molecule has 2 aromatic rings. The molecule has 0 saturated carbocycles. The van der Waals surface area contributed by atoms with Gasteiger partial charge in [0.15, 0.2) is 17.5 Å². The Balaban J connectivity index is 0.00000420. The number of likely N-dealkylation sites (N-methyl/N-ethyl adjacent to an activating group) is 2. The summed E-state index contributed by atoms with van der Waals surface area (Å²) in [5.41, 5.74) is 0. The van der Waals surface area contributed by atoms with Gasteiger partial charge in [0.05, 0.1) is 12.8 Å². The Morgan fingerprint density at radius 2 is 1.97 bits per heavy atom. The Bertz CT molecular complexity index is 769. The number of aliphatic imine (C=N–C) groups is 1. The van der Waals surface area contributed by atoms with E-state index in [0.29, 0.717) is 25.5 Å². The van der Waals surface area contributed by atoms with Crippen LogP contribution in [0.15, 0.2) is 52.1 Å². The fourth-order valence-corrected chi connectivity index (χ4v) is 2.31. The molecular formula is C20H28FIN4O3. The molecule has 0 saturated heterocycles. The summed E-state index contributed by atoms with van der Waals surface area (Å²) in [6.07, 6.45) is 2.32. The van der Waals surface area contributed by atoms with E-state index >= 15 is 0 Å². The molecule has 0 bridgehead atoms. The van der Waals surface area contributed by atoms with Crippen LogP contribution in [0.3, 0.4) is 0 Å². The van der Waals surface area contributed by atoms with Crippen LogP contribution in [-0.2, 0) is 11.2 Å². The second kappa shape index (κ2) is 13.0. The maximum absolute atomic E-state index is 13.6. The summed E-state index contributed by atoms with van der Waals surface area (Å²) in [4.78, 5) is 19.6. The second-order valence-corrected chi connectivity index (χ2v) is 6.38. The summed E-state index contributed by atoms with van der Waals surface area (Å²) in [6.45, 7) is 1.38. The lowest BCUT2D eigenvalue weighted by Crippen LogP contribution is -2.42. The topological polar surface area (TPSA) is 70.3 Å². The molecular weight excluding hydrogens is 490 g/mol. The van der Waals surface area contributed by atoms with Crippen LogP contribution in [0.5, 0.6) is 5.75 Å². The van der Waals surface area contributed by atoms with Gasteiger partial charge in [-0.2, -0.15) is 0 Å². The molecule has 0 spiro atoms. The van der Waals surface area contributed by atoms with Gasteiger partial charge in [-0.05, 0) is 24.3 Å². The minimum Gasteiger partial charge on any atom is -0.489 e. The molecule has 7 nitrogen and oxygen atoms in total. The third-order valence-electron chi connectivity index (χ3n) is 3.98. The monoisotopic (exact) mass is 518 g/mol. The largest absolute Gasteiger partial charge is 0.489 e. The zero-order valence-electron chi connectivity index (χ0n) is 16.9. The van der Waals surface area contributed by atoms with Crippen molar-refractivity contribution in [2.24, 2.45) is 4.99 Å². The molecule has 1 amide bonds. The van der Waals surface area contributed by atoms with Gasteiger partial charge in [0, 0.05) is 34.1 Å². The number of hydrogen-bond donors (Lipinski definition) is 1. The van der Waals surface area contributed by atoms with Crippen LogP contribution in [0, 0.1) is 5.82 Å². The lowest BCUT2D eigenvalue weighted by atomic mass is 10.3. The number of amides is 1. The van der Waals surface area contributed by atoms with Crippen LogP contribution in [0.4, 0.5) is 4.39 Å². The van der Waals surface area contributed by atoms with Crippen molar-refractivity contribution >= 4 is 35.8 Å². The fraction of sp³-hybridized carbons (Fsp3) is 0.400. The number of guanidine groups is 1. The summed E-state index contributed by atoms with van der Waals surface area (Å²) < 4.78 is 24.4. The van der Waals surface area contributed by atoms with Crippen LogP contribution < -0.4 is 10.1 Å². The van der Waals surface area contributed by atoms with E-state index in [1.807, 2.05) is 24.1 Å². The van der Waals surface area contributed by atoms with Gasteiger partial charge in [0.1, 0.15) is 18.9 Å². The van der Waals surface area contributed by atoms with Crippen molar-refractivity contribution < 1.29 is 18.3 Å². The van der Waals surface area contributed by atoms with E-state index < -0.39 is 5.82 Å². The molecule has 160 valence electrons. The highest BCUT2D eigenvalue weighted by Gasteiger charge is 2.10. The third-order valence-corrected chi connectivity index (χ3v) is 3.98. The minimum absolute atomic E-state index is 0. The highest BCUT2D eigenvalue weighted by atomic mass is 127. The molecule has 0 aliphatic rings. The van der Waals surface area contributed by atoms with Crippen LogP contribution in [0.1, 0.15) is 5.76 Å². The number of hydrogen-bond acceptors (Lipinski definition) is 4. The summed E-state index contributed by atoms with van der Waals surface area (Å²) in [6, 6.07) is 10.0. The van der Waals surface area contributed by atoms with Crippen molar-refractivity contribution in [3.05, 3.63) is 54.2 Å². The molecule has 1 N–H and O–H groups in total. The third kappa shape index (κ3) is 8.71. The Labute approximate surface area is 187 Å². The number of furan rings is 1. The Morgan fingerprint density at radius 1 is 1.21 bits per heavy atom. The fourth-order valence-electron chi connectivity index (χ4n) is 2.31. The number of nitrogens with one attached hydrogen (secondary N) is 1. The van der Waals surface area contributed by atoms with Crippen LogP contribution >= 0.6 is 24.0 Å². The number of ether oxygens (including phenoxy) is 1. The second-order valence-electron chi connectivity index (χ2n) is 6.38. The van der Waals surface area contributed by atoms with Gasteiger partial charge in [-0.15, -0.1) is 24.0 Å². The van der Waals surface area contributed by atoms with E-state index in [1.54, 1.807) is 38.6 Å². The smallest absolute Gasteiger partial charge is 0.243 e. The molecule has 9 heteroatoms. The number of benzene rings is 1. The SMILES string of the molecule is CN(C)C(=O)CN=C(NCCc1ccco1)N(C)CCOc1ccccc1F.I. The molecule has 2 rings (SSSR count). The predicted octanol–water partition coefficient (Wildman–Crippen LogP) is 2.62. The number of halogens is 2. The number of carbonyl (C=O) groups is 1. The average Bonchev–Trinajstić information content (AvgIpc) is 3.19. The molecule has 0 unspecified atom stereocenters. The van der Waals surface area contributed by atoms with Crippen LogP contribution in [-0.4, -0.2) is 69.1 Å². The van der Waals surface area contributed by atoms with Crippen LogP contribution in [0.25, 0.3) is 0 Å². The first-order chi connectivity index (χ1) is 13.5. The maximum atomic E-state index is 13.6. The molecule has 0 radical (unpaired) electrons. The highest BCUT2D eigenvalue weighted by molar-refractivity contribution is 14.0. The Morgan fingerprint density at radius 3 is 2.62 bits per heavy atom. The van der Waals surface area contributed by atoms with Gasteiger partial charge in [0.2, 0.25) is 5.91 Å². The summed E-state index contributed by atoms with van der Waals surface area (Å²) >= 11 is 0. The highest BCUT2D eigenvalue weighted by Crippen LogP contribution is 2.15. The predicted molar refractivity (Wildman–Crippen MR) is 121 cm³/mol. The molecule has 1 heterocycles. The van der Waals surface area contributed by atoms with Crippen molar-refractivity contribution in [1.82, 2.24) is 15.1 Å². The van der Waals surface area contributed by atoms with E-state index in [4.69, 9.17) is 9.15 Å². The van der Waals surface area contributed by atoms with E-state index in [1.165, 1.54) is 11.0 Å². The summed E-state index contributed by atoms with van der Waals surface area (Å²) in [5.74, 6) is 1.15. The van der Waals surface area contributed by atoms with Crippen molar-refractivity contribution in [3.8, 4) is 5.75 Å². The molecule has 1 aromatic carbocycles. The zero-order valence-corrected chi connectivity index (χ0v) is 19.3. The number of carbonyl (C=O) groups excluding carboxylic acids is 1. The van der Waals surface area contributed by atoms with Gasteiger partial charge in [-0.3, -0.25) is 4.79 Å². The Hall–Kier alpha value is -2.30. The standard InChI is InChI=1S/C20H27FN4O3.HI/c1-24(2)19(26)15-23-20(22-11-10-16-7-6-13-27-16)25(3)12-14-28-18-9-5-4-8-17(18)21;/h4-9,13H,10-12,14-15H2,1-3H3,(H,22,23);1H. The molecule has 29 heavy (non-hydrogen) atoms. The van der Waals surface area contributed by atoms with Crippen molar-refractivity contribution in [1.29, 1.82) is 0 Å². The minimum atomic E-state index is -0.396. The first kappa shape index (κ1) is 24.7. The zero-order chi connectivity index (χ0) is 20.4. The number of para-hydroxylation sites is 1. The van der Waals surface area contributed by atoms with Crippen molar-refractivity contribution in [2.75, 3.05) is 47.4 Å². The van der Waals surface area contributed by atoms with E-state index in [9.17, 15) is 9.18 Å². The van der Waals surface area contributed by atoms with Gasteiger partial charge in [0.25, 0.3) is 0 Å². The first-order valence-corrected chi connectivity index (χ1v) is 9.06. The van der Waals surface area contributed by atoms with Gasteiger partial charge >= 0.3 is 0 Å².